The quantitative estimate of drug-likeness (QED) is 0.851. The van der Waals surface area contributed by atoms with Crippen LogP contribution >= 0.6 is 11.3 Å². The van der Waals surface area contributed by atoms with Gasteiger partial charge in [-0.3, -0.25) is 4.72 Å². The van der Waals surface area contributed by atoms with Crippen LogP contribution < -0.4 is 9.46 Å². The van der Waals surface area contributed by atoms with E-state index in [2.05, 4.69) is 4.72 Å². The van der Waals surface area contributed by atoms with Crippen LogP contribution in [0.3, 0.4) is 0 Å². The predicted molar refractivity (Wildman–Crippen MR) is 78.9 cm³/mol. The zero-order chi connectivity index (χ0) is 15.5. The minimum Gasteiger partial charge on any atom is -0.497 e. The molecule has 0 aliphatic heterocycles. The van der Waals surface area contributed by atoms with Crippen LogP contribution in [-0.2, 0) is 16.4 Å². The Balaban J connectivity index is 2.28. The Bertz CT molecular complexity index is 728. The topological polar surface area (TPSA) is 75.6 Å². The number of aliphatic hydroxyl groups excluding tert-OH is 1. The van der Waals surface area contributed by atoms with Gasteiger partial charge in [0.15, 0.2) is 0 Å². The average molecular weight is 331 g/mol. The highest BCUT2D eigenvalue weighted by atomic mass is 32.2. The van der Waals surface area contributed by atoms with E-state index in [1.54, 1.807) is 6.07 Å². The van der Waals surface area contributed by atoms with Crippen molar-refractivity contribution in [2.45, 2.75) is 10.6 Å². The van der Waals surface area contributed by atoms with E-state index in [-0.39, 0.29) is 16.5 Å². The van der Waals surface area contributed by atoms with Crippen molar-refractivity contribution in [3.05, 3.63) is 41.0 Å². The Labute approximate surface area is 126 Å². The summed E-state index contributed by atoms with van der Waals surface area (Å²) >= 11 is 1.04. The van der Waals surface area contributed by atoms with Gasteiger partial charge in [0.2, 0.25) is 0 Å². The lowest BCUT2D eigenvalue weighted by atomic mass is 10.3. The van der Waals surface area contributed by atoms with Crippen molar-refractivity contribution < 1.29 is 22.7 Å². The number of hydrogen-bond acceptors (Lipinski definition) is 5. The number of ether oxygens (including phenoxy) is 1. The molecule has 1 heterocycles. The SMILES string of the molecule is COc1ccc(F)c(NS(=O)(=O)c2ccc(CCO)s2)c1. The Morgan fingerprint density at radius 2 is 2.10 bits per heavy atom. The van der Waals surface area contributed by atoms with Crippen molar-refractivity contribution >= 4 is 27.0 Å². The van der Waals surface area contributed by atoms with Gasteiger partial charge in [-0.05, 0) is 24.3 Å². The Morgan fingerprint density at radius 1 is 1.33 bits per heavy atom. The lowest BCUT2D eigenvalue weighted by Crippen LogP contribution is -2.12. The molecule has 5 nitrogen and oxygen atoms in total. The normalized spacial score (nSPS) is 11.4. The number of anilines is 1. The van der Waals surface area contributed by atoms with Gasteiger partial charge in [0, 0.05) is 24.0 Å². The first-order chi connectivity index (χ1) is 9.96. The van der Waals surface area contributed by atoms with Crippen molar-refractivity contribution in [3.63, 3.8) is 0 Å². The van der Waals surface area contributed by atoms with Crippen LogP contribution in [0.1, 0.15) is 4.88 Å². The summed E-state index contributed by atoms with van der Waals surface area (Å²) in [6.45, 7) is -0.0576. The smallest absolute Gasteiger partial charge is 0.271 e. The zero-order valence-electron chi connectivity index (χ0n) is 11.2. The van der Waals surface area contributed by atoms with E-state index < -0.39 is 15.8 Å². The second-order valence-electron chi connectivity index (χ2n) is 4.15. The molecule has 0 aliphatic rings. The maximum Gasteiger partial charge on any atom is 0.271 e. The molecule has 0 radical (unpaired) electrons. The maximum absolute atomic E-state index is 13.7. The molecular formula is C13H14FNO4S2. The second kappa shape index (κ2) is 6.42. The van der Waals surface area contributed by atoms with Gasteiger partial charge in [-0.2, -0.15) is 0 Å². The molecule has 0 amide bonds. The van der Waals surface area contributed by atoms with Crippen LogP contribution in [0.2, 0.25) is 0 Å². The highest BCUT2D eigenvalue weighted by molar-refractivity contribution is 7.94. The van der Waals surface area contributed by atoms with E-state index >= 15 is 0 Å². The molecule has 2 N–H and O–H groups in total. The molecular weight excluding hydrogens is 317 g/mol. The Hall–Kier alpha value is -1.64. The molecule has 2 rings (SSSR count). The first kappa shape index (κ1) is 15.7. The fourth-order valence-electron chi connectivity index (χ4n) is 1.65. The van der Waals surface area contributed by atoms with Gasteiger partial charge in [-0.15, -0.1) is 11.3 Å². The van der Waals surface area contributed by atoms with Crippen LogP contribution in [0.4, 0.5) is 10.1 Å². The van der Waals surface area contributed by atoms with Gasteiger partial charge in [0.25, 0.3) is 10.0 Å². The summed E-state index contributed by atoms with van der Waals surface area (Å²) in [5, 5.41) is 8.84. The predicted octanol–water partition coefficient (Wildman–Crippen LogP) is 2.23. The van der Waals surface area contributed by atoms with Crippen molar-refractivity contribution in [2.75, 3.05) is 18.4 Å². The largest absolute Gasteiger partial charge is 0.497 e. The van der Waals surface area contributed by atoms with Crippen LogP contribution in [-0.4, -0.2) is 27.2 Å². The van der Waals surface area contributed by atoms with Crippen LogP contribution in [0.15, 0.2) is 34.5 Å². The summed E-state index contributed by atoms with van der Waals surface area (Å²) < 4.78 is 45.3. The fourth-order valence-corrected chi connectivity index (χ4v) is 4.05. The molecule has 0 saturated heterocycles. The van der Waals surface area contributed by atoms with E-state index in [1.807, 2.05) is 0 Å². The average Bonchev–Trinajstić information content (AvgIpc) is 2.91. The highest BCUT2D eigenvalue weighted by Crippen LogP contribution is 2.27. The molecule has 0 spiro atoms. The number of aliphatic hydroxyl groups is 1. The monoisotopic (exact) mass is 331 g/mol. The molecule has 0 atom stereocenters. The lowest BCUT2D eigenvalue weighted by molar-refractivity contribution is 0.300. The molecule has 1 aromatic carbocycles. The van der Waals surface area contributed by atoms with Crippen molar-refractivity contribution in [1.82, 2.24) is 0 Å². The van der Waals surface area contributed by atoms with Gasteiger partial charge in [0.1, 0.15) is 15.8 Å². The fraction of sp³-hybridized carbons (Fsp3) is 0.231. The number of nitrogens with one attached hydrogen (secondary N) is 1. The lowest BCUT2D eigenvalue weighted by Gasteiger charge is -2.09. The summed E-state index contributed by atoms with van der Waals surface area (Å²) in [5.74, 6) is -0.340. The van der Waals surface area contributed by atoms with Crippen molar-refractivity contribution in [1.29, 1.82) is 0 Å². The molecule has 114 valence electrons. The van der Waals surface area contributed by atoms with Gasteiger partial charge in [0.05, 0.1) is 12.8 Å². The van der Waals surface area contributed by atoms with E-state index in [4.69, 9.17) is 9.84 Å². The summed E-state index contributed by atoms with van der Waals surface area (Å²) in [6.07, 6.45) is 0.383. The summed E-state index contributed by atoms with van der Waals surface area (Å²) in [4.78, 5) is 0.740. The minimum atomic E-state index is -3.87. The third-order valence-electron chi connectivity index (χ3n) is 2.68. The van der Waals surface area contributed by atoms with Gasteiger partial charge >= 0.3 is 0 Å². The molecule has 0 bridgehead atoms. The molecule has 8 heteroatoms. The van der Waals surface area contributed by atoms with E-state index in [0.717, 1.165) is 22.3 Å². The van der Waals surface area contributed by atoms with E-state index in [0.29, 0.717) is 12.2 Å². The number of methoxy groups -OCH3 is 1. The summed E-state index contributed by atoms with van der Waals surface area (Å²) in [7, 11) is -2.46. The van der Waals surface area contributed by atoms with Crippen molar-refractivity contribution in [3.8, 4) is 5.75 Å². The van der Waals surface area contributed by atoms with Crippen LogP contribution in [0.5, 0.6) is 5.75 Å². The second-order valence-corrected chi connectivity index (χ2v) is 7.22. The van der Waals surface area contributed by atoms with E-state index in [9.17, 15) is 12.8 Å². The van der Waals surface area contributed by atoms with Crippen LogP contribution in [0.25, 0.3) is 0 Å². The summed E-state index contributed by atoms with van der Waals surface area (Å²) in [6, 6.07) is 6.85. The molecule has 0 fully saturated rings. The number of rotatable bonds is 6. The molecule has 0 saturated carbocycles. The Morgan fingerprint density at radius 3 is 2.76 bits per heavy atom. The molecule has 0 unspecified atom stereocenters. The number of hydrogen-bond donors (Lipinski definition) is 2. The third-order valence-corrected chi connectivity index (χ3v) is 5.68. The van der Waals surface area contributed by atoms with Gasteiger partial charge in [-0.25, -0.2) is 12.8 Å². The number of thiophene rings is 1. The van der Waals surface area contributed by atoms with E-state index in [1.165, 1.54) is 25.3 Å². The first-order valence-electron chi connectivity index (χ1n) is 6.02. The Kier molecular flexibility index (Phi) is 4.81. The standard InChI is InChI=1S/C13H14FNO4S2/c1-19-9-2-4-11(14)12(8-9)15-21(17,18)13-5-3-10(20-13)6-7-16/h2-5,8,15-16H,6-7H2,1H3. The van der Waals surface area contributed by atoms with Crippen molar-refractivity contribution in [2.24, 2.45) is 0 Å². The molecule has 2 aromatic rings. The summed E-state index contributed by atoms with van der Waals surface area (Å²) in [5.41, 5.74) is -0.175. The zero-order valence-corrected chi connectivity index (χ0v) is 12.8. The minimum absolute atomic E-state index is 0.0576. The molecule has 1 aromatic heterocycles. The highest BCUT2D eigenvalue weighted by Gasteiger charge is 2.19. The third kappa shape index (κ3) is 3.72. The maximum atomic E-state index is 13.7. The first-order valence-corrected chi connectivity index (χ1v) is 8.32. The van der Waals surface area contributed by atoms with Crippen LogP contribution in [0, 0.1) is 5.82 Å². The molecule has 21 heavy (non-hydrogen) atoms. The number of halogens is 1. The number of sulfonamides is 1. The number of benzene rings is 1. The van der Waals surface area contributed by atoms with Gasteiger partial charge in [-0.1, -0.05) is 0 Å². The van der Waals surface area contributed by atoms with Gasteiger partial charge < -0.3 is 9.84 Å². The molecule has 0 aliphatic carbocycles.